The van der Waals surface area contributed by atoms with Crippen LogP contribution in [0.2, 0.25) is 0 Å². The molecular formula is C22H19N3O3. The summed E-state index contributed by atoms with van der Waals surface area (Å²) >= 11 is 0. The third-order valence-corrected chi connectivity index (χ3v) is 5.89. The number of rotatable bonds is 2. The molecule has 2 aromatic carbocycles. The largest absolute Gasteiger partial charge is 0.274 e. The summed E-state index contributed by atoms with van der Waals surface area (Å²) < 4.78 is 1.51. The van der Waals surface area contributed by atoms with Crippen LogP contribution >= 0.6 is 0 Å². The SMILES string of the molecule is O=C1C2CCCCC2C(=O)N1c1ccc(C(=O)n2cnc3ccccc32)cc1. The van der Waals surface area contributed by atoms with Gasteiger partial charge in [-0.1, -0.05) is 25.0 Å². The molecule has 28 heavy (non-hydrogen) atoms. The van der Waals surface area contributed by atoms with E-state index in [4.69, 9.17) is 0 Å². The summed E-state index contributed by atoms with van der Waals surface area (Å²) in [5.74, 6) is -0.767. The topological polar surface area (TPSA) is 72.3 Å². The number of para-hydroxylation sites is 2. The van der Waals surface area contributed by atoms with E-state index >= 15 is 0 Å². The highest BCUT2D eigenvalue weighted by atomic mass is 16.2. The second kappa shape index (κ2) is 6.41. The molecule has 2 atom stereocenters. The number of anilines is 1. The van der Waals surface area contributed by atoms with Gasteiger partial charge >= 0.3 is 0 Å². The Morgan fingerprint density at radius 3 is 2.21 bits per heavy atom. The lowest BCUT2D eigenvalue weighted by Crippen LogP contribution is -2.30. The normalized spacial score (nSPS) is 21.9. The Morgan fingerprint density at radius 1 is 0.893 bits per heavy atom. The fraction of sp³-hybridized carbons (Fsp3) is 0.273. The van der Waals surface area contributed by atoms with Gasteiger partial charge in [-0.25, -0.2) is 4.98 Å². The zero-order valence-electron chi connectivity index (χ0n) is 15.2. The van der Waals surface area contributed by atoms with E-state index in [1.165, 1.54) is 15.8 Å². The first-order chi connectivity index (χ1) is 13.6. The molecule has 6 nitrogen and oxygen atoms in total. The molecule has 3 aromatic rings. The summed E-state index contributed by atoms with van der Waals surface area (Å²) in [6.45, 7) is 0. The Balaban J connectivity index is 1.44. The van der Waals surface area contributed by atoms with Crippen LogP contribution in [-0.2, 0) is 9.59 Å². The van der Waals surface area contributed by atoms with Crippen LogP contribution in [0.1, 0.15) is 36.0 Å². The van der Waals surface area contributed by atoms with Gasteiger partial charge in [0, 0.05) is 5.56 Å². The second-order valence-corrected chi connectivity index (χ2v) is 7.46. The number of fused-ring (bicyclic) bond motifs is 2. The van der Waals surface area contributed by atoms with Crippen molar-refractivity contribution in [1.29, 1.82) is 0 Å². The predicted molar refractivity (Wildman–Crippen MR) is 104 cm³/mol. The average Bonchev–Trinajstić information content (AvgIpc) is 3.28. The van der Waals surface area contributed by atoms with Gasteiger partial charge in [0.1, 0.15) is 6.33 Å². The lowest BCUT2D eigenvalue weighted by molar-refractivity contribution is -0.122. The zero-order chi connectivity index (χ0) is 19.3. The second-order valence-electron chi connectivity index (χ2n) is 7.46. The molecule has 2 heterocycles. The number of imidazole rings is 1. The van der Waals surface area contributed by atoms with Crippen LogP contribution in [0, 0.1) is 11.8 Å². The monoisotopic (exact) mass is 373 g/mol. The number of carbonyl (C=O) groups is 3. The summed E-state index contributed by atoms with van der Waals surface area (Å²) in [5, 5.41) is 0. The van der Waals surface area contributed by atoms with Crippen molar-refractivity contribution in [3.05, 3.63) is 60.4 Å². The quantitative estimate of drug-likeness (QED) is 0.646. The van der Waals surface area contributed by atoms with Gasteiger partial charge in [-0.05, 0) is 49.2 Å². The van der Waals surface area contributed by atoms with E-state index in [9.17, 15) is 14.4 Å². The Bertz CT molecular complexity index is 1080. The fourth-order valence-corrected chi connectivity index (χ4v) is 4.43. The Kier molecular flexibility index (Phi) is 3.86. The molecule has 0 radical (unpaired) electrons. The number of amides is 2. The van der Waals surface area contributed by atoms with Crippen molar-refractivity contribution in [3.8, 4) is 0 Å². The van der Waals surface area contributed by atoms with Gasteiger partial charge in [0.05, 0.1) is 28.6 Å². The van der Waals surface area contributed by atoms with Crippen LogP contribution in [-0.4, -0.2) is 27.3 Å². The molecule has 1 aliphatic carbocycles. The third kappa shape index (κ3) is 2.48. The van der Waals surface area contributed by atoms with Crippen molar-refractivity contribution in [1.82, 2.24) is 9.55 Å². The molecule has 0 spiro atoms. The number of hydrogen-bond donors (Lipinski definition) is 0. The van der Waals surface area contributed by atoms with E-state index in [1.807, 2.05) is 24.3 Å². The van der Waals surface area contributed by atoms with Crippen molar-refractivity contribution < 1.29 is 14.4 Å². The Morgan fingerprint density at radius 2 is 1.54 bits per heavy atom. The molecule has 0 N–H and O–H groups in total. The van der Waals surface area contributed by atoms with E-state index in [2.05, 4.69) is 4.98 Å². The van der Waals surface area contributed by atoms with Crippen LogP contribution in [0.4, 0.5) is 5.69 Å². The summed E-state index contributed by atoms with van der Waals surface area (Å²) in [6.07, 6.45) is 5.09. The average molecular weight is 373 g/mol. The van der Waals surface area contributed by atoms with Crippen molar-refractivity contribution in [2.24, 2.45) is 11.8 Å². The number of aromatic nitrogens is 2. The first kappa shape index (κ1) is 16.9. The van der Waals surface area contributed by atoms with E-state index in [1.54, 1.807) is 24.3 Å². The molecule has 140 valence electrons. The minimum atomic E-state index is -0.201. The van der Waals surface area contributed by atoms with Gasteiger partial charge in [0.15, 0.2) is 0 Å². The van der Waals surface area contributed by atoms with Crippen molar-refractivity contribution >= 4 is 34.4 Å². The van der Waals surface area contributed by atoms with Crippen LogP contribution < -0.4 is 4.90 Å². The maximum Gasteiger partial charge on any atom is 0.263 e. The summed E-state index contributed by atoms with van der Waals surface area (Å²) in [6, 6.07) is 14.1. The predicted octanol–water partition coefficient (Wildman–Crippen LogP) is 3.40. The van der Waals surface area contributed by atoms with Gasteiger partial charge in [0.2, 0.25) is 11.8 Å². The number of carbonyl (C=O) groups excluding carboxylic acids is 3. The zero-order valence-corrected chi connectivity index (χ0v) is 15.2. The van der Waals surface area contributed by atoms with Gasteiger partial charge in [-0.15, -0.1) is 0 Å². The molecule has 0 bridgehead atoms. The molecule has 6 heteroatoms. The van der Waals surface area contributed by atoms with Crippen molar-refractivity contribution in [2.75, 3.05) is 4.90 Å². The highest BCUT2D eigenvalue weighted by molar-refractivity contribution is 6.22. The number of imide groups is 1. The number of hydrogen-bond acceptors (Lipinski definition) is 4. The van der Waals surface area contributed by atoms with Crippen LogP contribution in [0.15, 0.2) is 54.9 Å². The third-order valence-electron chi connectivity index (χ3n) is 5.89. The maximum absolute atomic E-state index is 12.9. The minimum Gasteiger partial charge on any atom is -0.274 e. The maximum atomic E-state index is 12.9. The molecular weight excluding hydrogens is 354 g/mol. The first-order valence-electron chi connectivity index (χ1n) is 9.60. The molecule has 2 fully saturated rings. The standard InChI is InChI=1S/C22H19N3O3/c26-20(24-13-23-18-7-3-4-8-19(18)24)14-9-11-15(12-10-14)25-21(27)16-5-1-2-6-17(16)22(25)28/h3-4,7-13,16-17H,1-2,5-6H2. The molecule has 2 unspecified atom stereocenters. The highest BCUT2D eigenvalue weighted by Gasteiger charge is 2.48. The molecule has 1 aromatic heterocycles. The van der Waals surface area contributed by atoms with E-state index in [-0.39, 0.29) is 29.6 Å². The van der Waals surface area contributed by atoms with Gasteiger partial charge in [0.25, 0.3) is 5.91 Å². The van der Waals surface area contributed by atoms with Gasteiger partial charge in [-0.3, -0.25) is 23.9 Å². The van der Waals surface area contributed by atoms with E-state index < -0.39 is 0 Å². The fourth-order valence-electron chi connectivity index (χ4n) is 4.43. The lowest BCUT2D eigenvalue weighted by Gasteiger charge is -2.19. The number of benzene rings is 2. The molecule has 2 amide bonds. The molecule has 1 saturated heterocycles. The van der Waals surface area contributed by atoms with Gasteiger partial charge < -0.3 is 0 Å². The molecule has 5 rings (SSSR count). The smallest absolute Gasteiger partial charge is 0.263 e. The summed E-state index contributed by atoms with van der Waals surface area (Å²) in [4.78, 5) is 43.9. The molecule has 1 aliphatic heterocycles. The summed E-state index contributed by atoms with van der Waals surface area (Å²) in [5.41, 5.74) is 2.51. The number of nitrogens with zero attached hydrogens (tertiary/aromatic N) is 3. The molecule has 2 aliphatic rings. The van der Waals surface area contributed by atoms with Crippen molar-refractivity contribution in [2.45, 2.75) is 25.7 Å². The van der Waals surface area contributed by atoms with Crippen LogP contribution in [0.25, 0.3) is 11.0 Å². The minimum absolute atomic E-state index is 0.102. The van der Waals surface area contributed by atoms with Crippen molar-refractivity contribution in [3.63, 3.8) is 0 Å². The lowest BCUT2D eigenvalue weighted by atomic mass is 9.81. The molecule has 1 saturated carbocycles. The Labute approximate surface area is 161 Å². The highest BCUT2D eigenvalue weighted by Crippen LogP contribution is 2.40. The van der Waals surface area contributed by atoms with Crippen LogP contribution in [0.3, 0.4) is 0 Å². The van der Waals surface area contributed by atoms with E-state index in [0.717, 1.165) is 36.7 Å². The van der Waals surface area contributed by atoms with E-state index in [0.29, 0.717) is 11.3 Å². The first-order valence-corrected chi connectivity index (χ1v) is 9.60. The summed E-state index contributed by atoms with van der Waals surface area (Å²) in [7, 11) is 0. The Hall–Kier alpha value is -3.28. The van der Waals surface area contributed by atoms with Crippen LogP contribution in [0.5, 0.6) is 0 Å². The van der Waals surface area contributed by atoms with Gasteiger partial charge in [-0.2, -0.15) is 0 Å².